The Morgan fingerprint density at radius 3 is 2.69 bits per heavy atom. The molecular weight excluding hydrogens is 378 g/mol. The van der Waals surface area contributed by atoms with Crippen molar-refractivity contribution in [2.75, 3.05) is 19.1 Å². The van der Waals surface area contributed by atoms with Crippen LogP contribution in [0, 0.1) is 4.77 Å². The maximum Gasteiger partial charge on any atom is 0.258 e. The lowest BCUT2D eigenvalue weighted by molar-refractivity contribution is -0.124. The number of hydrogen-bond donors (Lipinski definition) is 3. The number of carbonyl (C=O) groups excluding carboxylic acids is 1. The summed E-state index contributed by atoms with van der Waals surface area (Å²) in [6, 6.07) is 3.37. The van der Waals surface area contributed by atoms with Crippen molar-refractivity contribution in [2.24, 2.45) is 0 Å². The monoisotopic (exact) mass is 399 g/mol. The minimum absolute atomic E-state index is 0.133. The zero-order valence-electron chi connectivity index (χ0n) is 15.1. The number of ether oxygens (including phenoxy) is 2. The van der Waals surface area contributed by atoms with Gasteiger partial charge < -0.3 is 20.2 Å². The van der Waals surface area contributed by atoms with Gasteiger partial charge in [0.1, 0.15) is 6.33 Å². The molecule has 0 saturated carbocycles. The van der Waals surface area contributed by atoms with E-state index in [2.05, 4.69) is 20.9 Å². The summed E-state index contributed by atoms with van der Waals surface area (Å²) in [7, 11) is 1.52. The van der Waals surface area contributed by atoms with Crippen molar-refractivity contribution in [3.8, 4) is 11.5 Å². The van der Waals surface area contributed by atoms with E-state index < -0.39 is 0 Å². The highest BCUT2D eigenvalue weighted by Gasteiger charge is 2.16. The average molecular weight is 400 g/mol. The van der Waals surface area contributed by atoms with E-state index in [0.29, 0.717) is 27.8 Å². The van der Waals surface area contributed by atoms with Crippen molar-refractivity contribution in [1.29, 1.82) is 0 Å². The molecule has 0 fully saturated rings. The molecule has 0 saturated heterocycles. The van der Waals surface area contributed by atoms with E-state index >= 15 is 0 Å². The van der Waals surface area contributed by atoms with Crippen LogP contribution in [-0.4, -0.2) is 40.0 Å². The molecule has 2 aromatic rings. The molecule has 0 atom stereocenters. The fourth-order valence-electron chi connectivity index (χ4n) is 2.11. The smallest absolute Gasteiger partial charge is 0.258 e. The Morgan fingerprint density at radius 1 is 1.38 bits per heavy atom. The molecule has 1 amide bonds. The quantitative estimate of drug-likeness (QED) is 0.620. The maximum absolute atomic E-state index is 11.9. The summed E-state index contributed by atoms with van der Waals surface area (Å²) in [6.07, 6.45) is 1.53. The molecule has 26 heavy (non-hydrogen) atoms. The largest absolute Gasteiger partial charge is 0.493 e. The van der Waals surface area contributed by atoms with E-state index in [1.165, 1.54) is 13.4 Å². The van der Waals surface area contributed by atoms with Crippen LogP contribution in [0.3, 0.4) is 0 Å². The van der Waals surface area contributed by atoms with Gasteiger partial charge in [-0.3, -0.25) is 9.89 Å². The van der Waals surface area contributed by atoms with Crippen molar-refractivity contribution in [3.05, 3.63) is 33.8 Å². The zero-order valence-corrected chi connectivity index (χ0v) is 16.6. The van der Waals surface area contributed by atoms with Crippen molar-refractivity contribution in [3.63, 3.8) is 0 Å². The van der Waals surface area contributed by atoms with Crippen molar-refractivity contribution >= 4 is 29.7 Å². The first kappa shape index (κ1) is 20.1. The molecule has 3 N–H and O–H groups in total. The normalized spacial score (nSPS) is 11.1. The predicted octanol–water partition coefficient (Wildman–Crippen LogP) is 2.64. The van der Waals surface area contributed by atoms with Crippen LogP contribution in [0.5, 0.6) is 11.5 Å². The number of methoxy groups -OCH3 is 1. The van der Waals surface area contributed by atoms with Gasteiger partial charge in [-0.1, -0.05) is 11.6 Å². The lowest BCUT2D eigenvalue weighted by Gasteiger charge is -2.21. The minimum Gasteiger partial charge on any atom is -0.493 e. The molecule has 1 aromatic carbocycles. The first-order chi connectivity index (χ1) is 12.2. The summed E-state index contributed by atoms with van der Waals surface area (Å²) in [4.78, 5) is 11.9. The van der Waals surface area contributed by atoms with Crippen LogP contribution in [0.4, 0.5) is 0 Å². The summed E-state index contributed by atoms with van der Waals surface area (Å²) < 4.78 is 12.9. The highest BCUT2D eigenvalue weighted by atomic mass is 35.5. The second-order valence-corrected chi connectivity index (χ2v) is 7.34. The number of carbonyl (C=O) groups is 1. The fourth-order valence-corrected chi connectivity index (χ4v) is 2.50. The topological polar surface area (TPSA) is 93.2 Å². The number of amides is 1. The Labute approximate surface area is 161 Å². The van der Waals surface area contributed by atoms with Gasteiger partial charge in [-0.2, -0.15) is 5.10 Å². The SMILES string of the molecule is COc1cc(CNn2cn[nH]c2=S)c(Cl)cc1OCC(=O)NC(C)(C)C. The number of H-pyrrole nitrogens is 1. The Morgan fingerprint density at radius 2 is 2.12 bits per heavy atom. The molecular formula is C16H22ClN5O3S. The third kappa shape index (κ3) is 5.63. The summed E-state index contributed by atoms with van der Waals surface area (Å²) in [5, 5.41) is 9.77. The zero-order chi connectivity index (χ0) is 19.3. The summed E-state index contributed by atoms with van der Waals surface area (Å²) >= 11 is 11.4. The number of rotatable bonds is 7. The van der Waals surface area contributed by atoms with Crippen molar-refractivity contribution in [1.82, 2.24) is 20.2 Å². The van der Waals surface area contributed by atoms with Gasteiger partial charge in [0, 0.05) is 16.6 Å². The molecule has 142 valence electrons. The molecule has 0 spiro atoms. The van der Waals surface area contributed by atoms with E-state index in [-0.39, 0.29) is 18.1 Å². The van der Waals surface area contributed by atoms with Crippen LogP contribution in [0.15, 0.2) is 18.5 Å². The maximum atomic E-state index is 11.9. The van der Waals surface area contributed by atoms with Crippen molar-refractivity contribution in [2.45, 2.75) is 32.9 Å². The van der Waals surface area contributed by atoms with Crippen molar-refractivity contribution < 1.29 is 14.3 Å². The van der Waals surface area contributed by atoms with Gasteiger partial charge in [-0.05, 0) is 44.6 Å². The van der Waals surface area contributed by atoms with Crippen LogP contribution in [0.2, 0.25) is 5.02 Å². The van der Waals surface area contributed by atoms with Gasteiger partial charge in [0.05, 0.1) is 13.7 Å². The van der Waals surface area contributed by atoms with E-state index in [1.807, 2.05) is 20.8 Å². The van der Waals surface area contributed by atoms with E-state index in [1.54, 1.807) is 16.8 Å². The van der Waals surface area contributed by atoms with Gasteiger partial charge in [0.15, 0.2) is 18.1 Å². The number of nitrogens with zero attached hydrogens (tertiary/aromatic N) is 2. The highest BCUT2D eigenvalue weighted by molar-refractivity contribution is 7.71. The molecule has 0 radical (unpaired) electrons. The van der Waals surface area contributed by atoms with Gasteiger partial charge in [0.25, 0.3) is 5.91 Å². The average Bonchev–Trinajstić information content (AvgIpc) is 2.95. The molecule has 8 nitrogen and oxygen atoms in total. The molecule has 1 aromatic heterocycles. The Hall–Kier alpha value is -2.26. The van der Waals surface area contributed by atoms with E-state index in [0.717, 1.165) is 5.56 Å². The Bertz CT molecular complexity index is 828. The standard InChI is InChI=1S/C16H22ClN5O3S/c1-16(2,3)20-14(23)8-25-13-6-11(17)10(5-12(13)24-4)7-19-22-9-18-21-15(22)26/h5-6,9,19H,7-8H2,1-4H3,(H,20,23)(H,21,26). The molecule has 1 heterocycles. The molecule has 0 aliphatic rings. The third-order valence-corrected chi connectivity index (χ3v) is 3.84. The molecule has 0 bridgehead atoms. The fraction of sp³-hybridized carbons (Fsp3) is 0.438. The number of hydrogen-bond acceptors (Lipinski definition) is 6. The van der Waals surface area contributed by atoms with Crippen LogP contribution in [0.25, 0.3) is 0 Å². The summed E-state index contributed by atoms with van der Waals surface area (Å²) in [5.41, 5.74) is 3.52. The van der Waals surface area contributed by atoms with Gasteiger partial charge in [-0.15, -0.1) is 0 Å². The third-order valence-electron chi connectivity index (χ3n) is 3.20. The first-order valence-electron chi connectivity index (χ1n) is 7.85. The molecule has 0 aliphatic heterocycles. The number of aromatic nitrogens is 3. The number of nitrogens with one attached hydrogen (secondary N) is 3. The molecule has 2 rings (SSSR count). The lowest BCUT2D eigenvalue weighted by atomic mass is 10.1. The van der Waals surface area contributed by atoms with Gasteiger partial charge in [0.2, 0.25) is 4.77 Å². The summed E-state index contributed by atoms with van der Waals surface area (Å²) in [5.74, 6) is 0.645. The minimum atomic E-state index is -0.327. The first-order valence-corrected chi connectivity index (χ1v) is 8.64. The summed E-state index contributed by atoms with van der Waals surface area (Å²) in [6.45, 7) is 5.96. The molecule has 0 aliphatic carbocycles. The van der Waals surface area contributed by atoms with Crippen LogP contribution in [0.1, 0.15) is 26.3 Å². The number of aromatic amines is 1. The Kier molecular flexibility index (Phi) is 6.49. The molecule has 10 heteroatoms. The number of benzene rings is 1. The predicted molar refractivity (Wildman–Crippen MR) is 102 cm³/mol. The number of halogens is 1. The molecule has 0 unspecified atom stereocenters. The van der Waals surface area contributed by atoms with E-state index in [4.69, 9.17) is 33.3 Å². The second kappa shape index (κ2) is 8.41. The van der Waals surface area contributed by atoms with Crippen LogP contribution < -0.4 is 20.2 Å². The highest BCUT2D eigenvalue weighted by Crippen LogP contribution is 2.33. The lowest BCUT2D eigenvalue weighted by Crippen LogP contribution is -2.43. The second-order valence-electron chi connectivity index (χ2n) is 6.55. The van der Waals surface area contributed by atoms with E-state index in [9.17, 15) is 4.79 Å². The Balaban J connectivity index is 2.07. The van der Waals surface area contributed by atoms with Crippen LogP contribution in [-0.2, 0) is 11.3 Å². The van der Waals surface area contributed by atoms with Gasteiger partial charge in [-0.25, -0.2) is 4.68 Å². The van der Waals surface area contributed by atoms with Gasteiger partial charge >= 0.3 is 0 Å². The van der Waals surface area contributed by atoms with Crippen LogP contribution >= 0.6 is 23.8 Å².